The number of carbonyl (C=O) groups excluding carboxylic acids is 2. The molecule has 2 aromatic rings. The van der Waals surface area contributed by atoms with Gasteiger partial charge in [0.25, 0.3) is 15.9 Å². The van der Waals surface area contributed by atoms with E-state index in [1.165, 1.54) is 7.05 Å². The number of benzene rings is 2. The number of aryl methyl sites for hydroxylation is 2. The van der Waals surface area contributed by atoms with Gasteiger partial charge in [0.1, 0.15) is 5.92 Å². The van der Waals surface area contributed by atoms with Gasteiger partial charge in [0.15, 0.2) is 0 Å². The van der Waals surface area contributed by atoms with Crippen LogP contribution in [0.4, 0.5) is 5.69 Å². The van der Waals surface area contributed by atoms with Crippen molar-refractivity contribution in [2.24, 2.45) is 0 Å². The number of hydrogen-bond donors (Lipinski definition) is 1. The average Bonchev–Trinajstić information content (AvgIpc) is 2.67. The van der Waals surface area contributed by atoms with Crippen LogP contribution in [0.25, 0.3) is 0 Å². The highest BCUT2D eigenvalue weighted by Gasteiger charge is 2.45. The van der Waals surface area contributed by atoms with Gasteiger partial charge in [-0.2, -0.15) is 0 Å². The number of hydrogen-bond acceptors (Lipinski definition) is 4. The Bertz CT molecular complexity index is 1080. The second kappa shape index (κ2) is 7.00. The lowest BCUT2D eigenvalue weighted by Crippen LogP contribution is -2.46. The van der Waals surface area contributed by atoms with E-state index in [-0.39, 0.29) is 10.5 Å². The van der Waals surface area contributed by atoms with Crippen LogP contribution in [0.1, 0.15) is 35.4 Å². The third kappa shape index (κ3) is 3.14. The molecule has 0 fully saturated rings. The minimum Gasteiger partial charge on any atom is -0.325 e. The van der Waals surface area contributed by atoms with Crippen molar-refractivity contribution in [1.82, 2.24) is 4.31 Å². The van der Waals surface area contributed by atoms with E-state index in [9.17, 15) is 18.0 Å². The summed E-state index contributed by atoms with van der Waals surface area (Å²) in [7, 11) is -2.74. The van der Waals surface area contributed by atoms with Crippen molar-refractivity contribution >= 4 is 43.5 Å². The Hall–Kier alpha value is -2.19. The summed E-state index contributed by atoms with van der Waals surface area (Å²) in [6.45, 7) is 0. The van der Waals surface area contributed by atoms with Crippen LogP contribution in [0.3, 0.4) is 0 Å². The number of nitrogens with one attached hydrogen (secondary N) is 1. The van der Waals surface area contributed by atoms with Crippen molar-refractivity contribution in [3.05, 3.63) is 57.6 Å². The highest BCUT2D eigenvalue weighted by molar-refractivity contribution is 9.10. The summed E-state index contributed by atoms with van der Waals surface area (Å²) in [5, 5.41) is 2.74. The lowest BCUT2D eigenvalue weighted by Gasteiger charge is -2.32. The Morgan fingerprint density at radius 3 is 2.36 bits per heavy atom. The number of amides is 2. The van der Waals surface area contributed by atoms with Gasteiger partial charge in [-0.3, -0.25) is 9.59 Å². The maximum absolute atomic E-state index is 13.0. The Kier molecular flexibility index (Phi) is 4.79. The van der Waals surface area contributed by atoms with Gasteiger partial charge in [-0.25, -0.2) is 12.7 Å². The average molecular weight is 463 g/mol. The third-order valence-corrected chi connectivity index (χ3v) is 7.69. The number of sulfonamides is 1. The zero-order valence-corrected chi connectivity index (χ0v) is 17.6. The van der Waals surface area contributed by atoms with Gasteiger partial charge in [0.2, 0.25) is 5.91 Å². The minimum absolute atomic E-state index is 0.0613. The highest BCUT2D eigenvalue weighted by atomic mass is 79.9. The van der Waals surface area contributed by atoms with Crippen LogP contribution in [0.2, 0.25) is 0 Å². The fraction of sp³-hybridized carbons (Fsp3) is 0.300. The molecule has 8 heteroatoms. The quantitative estimate of drug-likeness (QED) is 0.694. The Labute approximate surface area is 172 Å². The molecule has 4 rings (SSSR count). The maximum Gasteiger partial charge on any atom is 0.266 e. The van der Waals surface area contributed by atoms with Crippen molar-refractivity contribution in [1.29, 1.82) is 0 Å². The smallest absolute Gasteiger partial charge is 0.266 e. The lowest BCUT2D eigenvalue weighted by molar-refractivity contribution is -0.132. The summed E-state index contributed by atoms with van der Waals surface area (Å²) in [5.41, 5.74) is 2.83. The van der Waals surface area contributed by atoms with Crippen LogP contribution in [0, 0.1) is 0 Å². The van der Waals surface area contributed by atoms with E-state index in [4.69, 9.17) is 0 Å². The van der Waals surface area contributed by atoms with Crippen LogP contribution in [0.15, 0.2) is 45.8 Å². The molecule has 1 heterocycles. The van der Waals surface area contributed by atoms with E-state index >= 15 is 0 Å². The molecule has 0 aromatic heterocycles. The second-order valence-corrected chi connectivity index (χ2v) is 9.96. The number of carbonyl (C=O) groups is 2. The molecule has 0 bridgehead atoms. The van der Waals surface area contributed by atoms with Crippen LogP contribution in [-0.4, -0.2) is 31.6 Å². The fourth-order valence-electron chi connectivity index (χ4n) is 3.81. The summed E-state index contributed by atoms with van der Waals surface area (Å²) in [6.07, 6.45) is 3.66. The summed E-state index contributed by atoms with van der Waals surface area (Å²) < 4.78 is 27.2. The van der Waals surface area contributed by atoms with Crippen molar-refractivity contribution < 1.29 is 18.0 Å². The molecule has 1 aliphatic heterocycles. The molecule has 1 aliphatic carbocycles. The largest absolute Gasteiger partial charge is 0.325 e. The second-order valence-electron chi connectivity index (χ2n) is 7.11. The van der Waals surface area contributed by atoms with Crippen LogP contribution < -0.4 is 5.32 Å². The summed E-state index contributed by atoms with van der Waals surface area (Å²) in [4.78, 5) is 25.9. The number of halogens is 1. The molecule has 2 amide bonds. The Balaban J connectivity index is 1.80. The fourth-order valence-corrected chi connectivity index (χ4v) is 5.48. The molecule has 2 aliphatic rings. The molecule has 0 spiro atoms. The van der Waals surface area contributed by atoms with Gasteiger partial charge >= 0.3 is 0 Å². The molecule has 6 nitrogen and oxygen atoms in total. The van der Waals surface area contributed by atoms with Gasteiger partial charge < -0.3 is 5.32 Å². The first-order chi connectivity index (χ1) is 13.3. The molecular weight excluding hydrogens is 444 g/mol. The monoisotopic (exact) mass is 462 g/mol. The topological polar surface area (TPSA) is 83.6 Å². The van der Waals surface area contributed by atoms with E-state index in [0.29, 0.717) is 9.99 Å². The number of likely N-dealkylation sites (N-methyl/N-ethyl adjacent to an activating group) is 1. The Morgan fingerprint density at radius 2 is 1.71 bits per heavy atom. The van der Waals surface area contributed by atoms with E-state index < -0.39 is 27.8 Å². The maximum atomic E-state index is 13.0. The van der Waals surface area contributed by atoms with Gasteiger partial charge in [0, 0.05) is 17.2 Å². The number of rotatable bonds is 2. The number of fused-ring (bicyclic) bond motifs is 2. The van der Waals surface area contributed by atoms with Gasteiger partial charge in [-0.15, -0.1) is 0 Å². The highest BCUT2D eigenvalue weighted by Crippen LogP contribution is 2.38. The molecule has 0 saturated heterocycles. The SMILES string of the molecule is CN1C(=O)C(C(=O)Nc2ccc(Br)cc2)c2cc3c(cc2S1(=O)=O)CCCC3. The van der Waals surface area contributed by atoms with Crippen molar-refractivity contribution in [3.8, 4) is 0 Å². The zero-order valence-electron chi connectivity index (χ0n) is 15.2. The van der Waals surface area contributed by atoms with E-state index in [1.54, 1.807) is 36.4 Å². The number of anilines is 1. The molecule has 1 unspecified atom stereocenters. The molecular formula is C20H19BrN2O4S. The molecule has 0 radical (unpaired) electrons. The summed E-state index contributed by atoms with van der Waals surface area (Å²) in [6, 6.07) is 10.4. The first-order valence-electron chi connectivity index (χ1n) is 9.04. The van der Waals surface area contributed by atoms with Crippen molar-refractivity contribution in [3.63, 3.8) is 0 Å². The predicted octanol–water partition coefficient (Wildman–Crippen LogP) is 3.21. The first-order valence-corrected chi connectivity index (χ1v) is 11.3. The predicted molar refractivity (Wildman–Crippen MR) is 109 cm³/mol. The molecule has 1 N–H and O–H groups in total. The van der Waals surface area contributed by atoms with Gasteiger partial charge in [-0.1, -0.05) is 22.0 Å². The zero-order chi connectivity index (χ0) is 20.1. The molecule has 1 atom stereocenters. The van der Waals surface area contributed by atoms with Gasteiger partial charge in [-0.05, 0) is 72.7 Å². The third-order valence-electron chi connectivity index (χ3n) is 5.35. The molecule has 0 saturated carbocycles. The summed E-state index contributed by atoms with van der Waals surface area (Å²) in [5.74, 6) is -2.47. The molecule has 2 aromatic carbocycles. The standard InChI is InChI=1S/C20H19BrN2O4S/c1-23-20(25)18(19(24)22-15-8-6-14(21)7-9-15)16-10-12-4-2-3-5-13(12)11-17(16)28(23,26)27/h6-11,18H,2-5H2,1H3,(H,22,24). The normalized spacial score (nSPS) is 20.3. The first kappa shape index (κ1) is 19.1. The van der Waals surface area contributed by atoms with E-state index in [2.05, 4.69) is 21.2 Å². The van der Waals surface area contributed by atoms with E-state index in [0.717, 1.165) is 41.3 Å². The van der Waals surface area contributed by atoms with Gasteiger partial charge in [0.05, 0.1) is 4.90 Å². The number of nitrogens with zero attached hydrogens (tertiary/aromatic N) is 1. The van der Waals surface area contributed by atoms with Crippen LogP contribution in [-0.2, 0) is 32.5 Å². The van der Waals surface area contributed by atoms with E-state index in [1.807, 2.05) is 0 Å². The minimum atomic E-state index is -3.95. The van der Waals surface area contributed by atoms with Crippen LogP contribution in [0.5, 0.6) is 0 Å². The Morgan fingerprint density at radius 1 is 1.11 bits per heavy atom. The molecule has 146 valence electrons. The molecule has 28 heavy (non-hydrogen) atoms. The lowest BCUT2D eigenvalue weighted by atomic mass is 9.86. The van der Waals surface area contributed by atoms with Crippen molar-refractivity contribution in [2.45, 2.75) is 36.5 Å². The van der Waals surface area contributed by atoms with Crippen LogP contribution >= 0.6 is 15.9 Å². The van der Waals surface area contributed by atoms with Crippen molar-refractivity contribution in [2.75, 3.05) is 12.4 Å². The summed E-state index contributed by atoms with van der Waals surface area (Å²) >= 11 is 3.33.